The molecule has 1 aliphatic heterocycles. The first-order valence-electron chi connectivity index (χ1n) is 4.84. The molecule has 0 amide bonds. The van der Waals surface area contributed by atoms with Gasteiger partial charge in [0.25, 0.3) is 0 Å². The van der Waals surface area contributed by atoms with Gasteiger partial charge in [0.05, 0.1) is 0 Å². The molecule has 3 heteroatoms. The second-order valence-electron chi connectivity index (χ2n) is 3.10. The zero-order valence-electron chi connectivity index (χ0n) is 8.25. The molecule has 1 aromatic rings. The van der Waals surface area contributed by atoms with Gasteiger partial charge in [-0.2, -0.15) is 0 Å². The molecule has 0 aliphatic carbocycles. The highest BCUT2D eigenvalue weighted by Gasteiger charge is 2.10. The maximum absolute atomic E-state index is 5.47. The second-order valence-corrected chi connectivity index (χ2v) is 3.89. The van der Waals surface area contributed by atoms with Crippen molar-refractivity contribution in [3.05, 3.63) is 23.8 Å². The lowest BCUT2D eigenvalue weighted by Crippen LogP contribution is -2.15. The van der Waals surface area contributed by atoms with E-state index in [0.29, 0.717) is 13.2 Å². The maximum atomic E-state index is 5.47. The normalized spacial score (nSPS) is 12.9. The van der Waals surface area contributed by atoms with Crippen LogP contribution in [0.5, 0.6) is 11.5 Å². The molecule has 15 heavy (non-hydrogen) atoms. The summed E-state index contributed by atoms with van der Waals surface area (Å²) in [5.74, 6) is 7.76. The van der Waals surface area contributed by atoms with Crippen molar-refractivity contribution in [1.29, 1.82) is 0 Å². The number of ether oxygens (including phenoxy) is 2. The summed E-state index contributed by atoms with van der Waals surface area (Å²) in [5, 5.41) is 0.907. The van der Waals surface area contributed by atoms with Crippen LogP contribution in [0.3, 0.4) is 0 Å². The molecule has 78 valence electrons. The highest BCUT2D eigenvalue weighted by Crippen LogP contribution is 2.30. The molecule has 0 saturated heterocycles. The van der Waals surface area contributed by atoms with E-state index in [1.807, 2.05) is 18.2 Å². The summed E-state index contributed by atoms with van der Waals surface area (Å²) in [4.78, 5) is 0. The van der Waals surface area contributed by atoms with Gasteiger partial charge in [0.15, 0.2) is 11.5 Å². The van der Waals surface area contributed by atoms with Crippen molar-refractivity contribution in [1.82, 2.24) is 0 Å². The van der Waals surface area contributed by atoms with Gasteiger partial charge in [-0.1, -0.05) is 27.8 Å². The number of hydrogen-bond donors (Lipinski definition) is 0. The Morgan fingerprint density at radius 1 is 1.20 bits per heavy atom. The first-order valence-corrected chi connectivity index (χ1v) is 5.97. The van der Waals surface area contributed by atoms with Crippen molar-refractivity contribution < 1.29 is 9.47 Å². The minimum Gasteiger partial charge on any atom is -0.486 e. The van der Waals surface area contributed by atoms with Gasteiger partial charge in [-0.05, 0) is 18.2 Å². The molecule has 2 rings (SSSR count). The van der Waals surface area contributed by atoms with Crippen LogP contribution in [-0.4, -0.2) is 18.5 Å². The van der Waals surface area contributed by atoms with Crippen LogP contribution in [0, 0.1) is 11.8 Å². The van der Waals surface area contributed by atoms with Crippen LogP contribution in [0.25, 0.3) is 0 Å². The van der Waals surface area contributed by atoms with E-state index >= 15 is 0 Å². The SMILES string of the molecule is BrCCC#Cc1ccc2c(c1)OCCO2. The lowest BCUT2D eigenvalue weighted by atomic mass is 10.2. The molecule has 0 fully saturated rings. The summed E-state index contributed by atoms with van der Waals surface area (Å²) in [7, 11) is 0. The van der Waals surface area contributed by atoms with Crippen molar-refractivity contribution in [2.24, 2.45) is 0 Å². The zero-order chi connectivity index (χ0) is 10.5. The highest BCUT2D eigenvalue weighted by atomic mass is 79.9. The third-order valence-corrected chi connectivity index (χ3v) is 2.39. The molecule has 0 N–H and O–H groups in total. The second kappa shape index (κ2) is 5.09. The van der Waals surface area contributed by atoms with E-state index in [2.05, 4.69) is 27.8 Å². The third kappa shape index (κ3) is 2.66. The van der Waals surface area contributed by atoms with Gasteiger partial charge in [0.1, 0.15) is 13.2 Å². The van der Waals surface area contributed by atoms with E-state index < -0.39 is 0 Å². The Balaban J connectivity index is 2.18. The molecular weight excluding hydrogens is 256 g/mol. The Labute approximate surface area is 97.7 Å². The monoisotopic (exact) mass is 266 g/mol. The van der Waals surface area contributed by atoms with Crippen LogP contribution in [0.15, 0.2) is 18.2 Å². The average molecular weight is 267 g/mol. The number of benzene rings is 1. The molecule has 0 bridgehead atoms. The molecule has 1 aromatic carbocycles. The summed E-state index contributed by atoms with van der Waals surface area (Å²) in [6.45, 7) is 1.24. The Morgan fingerprint density at radius 2 is 2.00 bits per heavy atom. The van der Waals surface area contributed by atoms with Crippen LogP contribution in [0.1, 0.15) is 12.0 Å². The van der Waals surface area contributed by atoms with Crippen LogP contribution in [0.4, 0.5) is 0 Å². The summed E-state index contributed by atoms with van der Waals surface area (Å²) in [5.41, 5.74) is 0.972. The first kappa shape index (κ1) is 10.4. The van der Waals surface area contributed by atoms with E-state index in [1.165, 1.54) is 0 Å². The van der Waals surface area contributed by atoms with Gasteiger partial charge in [0, 0.05) is 17.3 Å². The molecule has 1 heterocycles. The van der Waals surface area contributed by atoms with Gasteiger partial charge in [0.2, 0.25) is 0 Å². The molecule has 2 nitrogen and oxygen atoms in total. The molecule has 0 spiro atoms. The Morgan fingerprint density at radius 3 is 2.80 bits per heavy atom. The number of halogens is 1. The molecule has 0 aromatic heterocycles. The van der Waals surface area contributed by atoms with Crippen LogP contribution in [-0.2, 0) is 0 Å². The van der Waals surface area contributed by atoms with E-state index in [-0.39, 0.29) is 0 Å². The molecule has 1 aliphatic rings. The first-order chi connectivity index (χ1) is 7.40. The summed E-state index contributed by atoms with van der Waals surface area (Å²) >= 11 is 3.34. The number of hydrogen-bond acceptors (Lipinski definition) is 2. The van der Waals surface area contributed by atoms with E-state index in [4.69, 9.17) is 9.47 Å². The Bertz CT molecular complexity index is 404. The summed E-state index contributed by atoms with van der Waals surface area (Å²) in [6, 6.07) is 5.79. The number of alkyl halides is 1. The van der Waals surface area contributed by atoms with Crippen molar-refractivity contribution in [2.75, 3.05) is 18.5 Å². The zero-order valence-corrected chi connectivity index (χ0v) is 9.84. The summed E-state index contributed by atoms with van der Waals surface area (Å²) in [6.07, 6.45) is 0.856. The van der Waals surface area contributed by atoms with E-state index in [9.17, 15) is 0 Å². The molecule has 0 saturated carbocycles. The molecule has 0 unspecified atom stereocenters. The average Bonchev–Trinajstić information content (AvgIpc) is 2.29. The van der Waals surface area contributed by atoms with Crippen LogP contribution < -0.4 is 9.47 Å². The van der Waals surface area contributed by atoms with E-state index in [1.54, 1.807) is 0 Å². The fourth-order valence-corrected chi connectivity index (χ4v) is 1.53. The fraction of sp³-hybridized carbons (Fsp3) is 0.333. The van der Waals surface area contributed by atoms with Gasteiger partial charge >= 0.3 is 0 Å². The summed E-state index contributed by atoms with van der Waals surface area (Å²) < 4.78 is 10.9. The maximum Gasteiger partial charge on any atom is 0.162 e. The Hall–Kier alpha value is -1.14. The lowest BCUT2D eigenvalue weighted by Gasteiger charge is -2.17. The standard InChI is InChI=1S/C12H11BrO2/c13-6-2-1-3-10-4-5-11-12(9-10)15-8-7-14-11/h4-5,9H,2,6-8H2. The highest BCUT2D eigenvalue weighted by molar-refractivity contribution is 9.09. The fourth-order valence-electron chi connectivity index (χ4n) is 1.33. The lowest BCUT2D eigenvalue weighted by molar-refractivity contribution is 0.171. The third-order valence-electron chi connectivity index (χ3n) is 1.99. The number of fused-ring (bicyclic) bond motifs is 1. The van der Waals surface area contributed by atoms with Crippen molar-refractivity contribution in [3.8, 4) is 23.3 Å². The number of rotatable bonds is 1. The van der Waals surface area contributed by atoms with Crippen molar-refractivity contribution in [2.45, 2.75) is 6.42 Å². The largest absolute Gasteiger partial charge is 0.486 e. The van der Waals surface area contributed by atoms with Gasteiger partial charge in [-0.15, -0.1) is 0 Å². The predicted molar refractivity (Wildman–Crippen MR) is 62.7 cm³/mol. The van der Waals surface area contributed by atoms with Crippen LogP contribution in [0.2, 0.25) is 0 Å². The molecular formula is C12H11BrO2. The minimum atomic E-state index is 0.616. The van der Waals surface area contributed by atoms with Gasteiger partial charge < -0.3 is 9.47 Å². The van der Waals surface area contributed by atoms with Crippen molar-refractivity contribution >= 4 is 15.9 Å². The topological polar surface area (TPSA) is 18.5 Å². The Kier molecular flexibility index (Phi) is 3.52. The van der Waals surface area contributed by atoms with Gasteiger partial charge in [-0.3, -0.25) is 0 Å². The smallest absolute Gasteiger partial charge is 0.162 e. The molecule has 0 atom stereocenters. The van der Waals surface area contributed by atoms with E-state index in [0.717, 1.165) is 28.8 Å². The predicted octanol–water partition coefficient (Wildman–Crippen LogP) is 2.59. The van der Waals surface area contributed by atoms with Crippen LogP contribution >= 0.6 is 15.9 Å². The van der Waals surface area contributed by atoms with Gasteiger partial charge in [-0.25, -0.2) is 0 Å². The van der Waals surface area contributed by atoms with Crippen molar-refractivity contribution in [3.63, 3.8) is 0 Å². The quantitative estimate of drug-likeness (QED) is 0.575. The molecule has 0 radical (unpaired) electrons. The minimum absolute atomic E-state index is 0.616.